The van der Waals surface area contributed by atoms with Gasteiger partial charge in [0.25, 0.3) is 0 Å². The fourth-order valence-electron chi connectivity index (χ4n) is 4.03. The highest BCUT2D eigenvalue weighted by Crippen LogP contribution is 2.25. The lowest BCUT2D eigenvalue weighted by molar-refractivity contribution is -0.145. The number of carbonyl (C=O) groups excluding carboxylic acids is 2. The van der Waals surface area contributed by atoms with Crippen molar-refractivity contribution in [3.05, 3.63) is 64.5 Å². The Bertz CT molecular complexity index is 1250. The zero-order chi connectivity index (χ0) is 26.0. The van der Waals surface area contributed by atoms with Crippen LogP contribution in [0.1, 0.15) is 19.8 Å². The molecule has 196 valence electrons. The predicted octanol–water partition coefficient (Wildman–Crippen LogP) is 3.88. The second-order valence-corrected chi connectivity index (χ2v) is 9.31. The van der Waals surface area contributed by atoms with Crippen LogP contribution in [0.15, 0.2) is 58.9 Å². The second-order valence-electron chi connectivity index (χ2n) is 8.47. The maximum absolute atomic E-state index is 13.4. The Morgan fingerprint density at radius 3 is 2.54 bits per heavy atom. The first kappa shape index (κ1) is 26.6. The van der Waals surface area contributed by atoms with Crippen molar-refractivity contribution in [1.82, 2.24) is 9.88 Å². The van der Waals surface area contributed by atoms with Crippen LogP contribution >= 0.6 is 11.3 Å². The first-order valence-electron chi connectivity index (χ1n) is 12.4. The molecule has 2 aromatic carbocycles. The molecule has 1 aromatic heterocycles. The standard InChI is InChI=1S/C27H31FN4O4S/c1-2-36-26(34)18-25(33)29-12-3-13-32-24(19-37-27(32)30-22-8-6-21(28)7-9-22)20-4-10-23(11-5-20)31-14-16-35-17-15-31/h4-11,19H,2-3,12-18H2,1H3,(H,29,33)/b30-27-. The van der Waals surface area contributed by atoms with Crippen LogP contribution in [0, 0.1) is 5.82 Å². The van der Waals surface area contributed by atoms with Crippen molar-refractivity contribution < 1.29 is 23.5 Å². The Morgan fingerprint density at radius 1 is 1.11 bits per heavy atom. The maximum atomic E-state index is 13.4. The number of anilines is 1. The van der Waals surface area contributed by atoms with Gasteiger partial charge in [-0.1, -0.05) is 12.1 Å². The van der Waals surface area contributed by atoms with Gasteiger partial charge in [0.05, 0.1) is 31.2 Å². The molecule has 10 heteroatoms. The highest BCUT2D eigenvalue weighted by molar-refractivity contribution is 7.07. The van der Waals surface area contributed by atoms with Crippen LogP contribution in [-0.4, -0.2) is 55.9 Å². The van der Waals surface area contributed by atoms with E-state index in [0.29, 0.717) is 25.2 Å². The van der Waals surface area contributed by atoms with E-state index >= 15 is 0 Å². The number of nitrogens with one attached hydrogen (secondary N) is 1. The molecule has 0 aliphatic carbocycles. The molecular weight excluding hydrogens is 495 g/mol. The topological polar surface area (TPSA) is 85.2 Å². The molecule has 0 atom stereocenters. The summed E-state index contributed by atoms with van der Waals surface area (Å²) in [5.41, 5.74) is 3.89. The molecule has 0 spiro atoms. The first-order valence-corrected chi connectivity index (χ1v) is 13.3. The molecule has 0 saturated carbocycles. The minimum absolute atomic E-state index is 0.247. The highest BCUT2D eigenvalue weighted by atomic mass is 32.1. The Morgan fingerprint density at radius 2 is 1.84 bits per heavy atom. The van der Waals surface area contributed by atoms with E-state index in [2.05, 4.69) is 44.4 Å². The normalized spacial score (nSPS) is 14.0. The average molecular weight is 527 g/mol. The Balaban J connectivity index is 1.51. The number of morpholine rings is 1. The number of benzene rings is 2. The molecule has 1 N–H and O–H groups in total. The van der Waals surface area contributed by atoms with Crippen LogP contribution in [0.3, 0.4) is 0 Å². The number of amides is 1. The number of nitrogens with zero attached hydrogens (tertiary/aromatic N) is 3. The van der Waals surface area contributed by atoms with Gasteiger partial charge in [-0.25, -0.2) is 9.38 Å². The number of rotatable bonds is 10. The van der Waals surface area contributed by atoms with Gasteiger partial charge in [0.15, 0.2) is 4.80 Å². The highest BCUT2D eigenvalue weighted by Gasteiger charge is 2.14. The van der Waals surface area contributed by atoms with Gasteiger partial charge in [-0.05, 0) is 55.3 Å². The molecule has 0 unspecified atom stereocenters. The van der Waals surface area contributed by atoms with Crippen molar-refractivity contribution >= 4 is 34.6 Å². The summed E-state index contributed by atoms with van der Waals surface area (Å²) in [5.74, 6) is -1.20. The van der Waals surface area contributed by atoms with Crippen LogP contribution in [0.5, 0.6) is 0 Å². The molecule has 0 bridgehead atoms. The molecule has 1 fully saturated rings. The van der Waals surface area contributed by atoms with Gasteiger partial charge in [-0.3, -0.25) is 9.59 Å². The molecule has 1 amide bonds. The average Bonchev–Trinajstić information content (AvgIpc) is 3.30. The van der Waals surface area contributed by atoms with Crippen molar-refractivity contribution in [1.29, 1.82) is 0 Å². The lowest BCUT2D eigenvalue weighted by Crippen LogP contribution is -2.36. The summed E-state index contributed by atoms with van der Waals surface area (Å²) >= 11 is 1.51. The number of hydrogen-bond donors (Lipinski definition) is 1. The third kappa shape index (κ3) is 7.50. The molecule has 1 saturated heterocycles. The summed E-state index contributed by atoms with van der Waals surface area (Å²) < 4.78 is 25.8. The van der Waals surface area contributed by atoms with E-state index in [-0.39, 0.29) is 24.8 Å². The van der Waals surface area contributed by atoms with Crippen molar-refractivity contribution in [2.24, 2.45) is 4.99 Å². The number of ether oxygens (including phenoxy) is 2. The van der Waals surface area contributed by atoms with Crippen molar-refractivity contribution in [3.63, 3.8) is 0 Å². The van der Waals surface area contributed by atoms with E-state index in [4.69, 9.17) is 14.5 Å². The number of thiazole rings is 1. The van der Waals surface area contributed by atoms with Crippen molar-refractivity contribution in [3.8, 4) is 11.3 Å². The van der Waals surface area contributed by atoms with E-state index in [9.17, 15) is 14.0 Å². The summed E-state index contributed by atoms with van der Waals surface area (Å²) in [6.07, 6.45) is 0.353. The summed E-state index contributed by atoms with van der Waals surface area (Å²) in [7, 11) is 0. The fraction of sp³-hybridized carbons (Fsp3) is 0.370. The molecule has 8 nitrogen and oxygen atoms in total. The van der Waals surface area contributed by atoms with Gasteiger partial charge in [-0.15, -0.1) is 11.3 Å². The number of hydrogen-bond acceptors (Lipinski definition) is 7. The lowest BCUT2D eigenvalue weighted by Gasteiger charge is -2.28. The third-order valence-electron chi connectivity index (χ3n) is 5.88. The molecule has 2 heterocycles. The molecule has 0 radical (unpaired) electrons. The maximum Gasteiger partial charge on any atom is 0.315 e. The summed E-state index contributed by atoms with van der Waals surface area (Å²) in [5, 5.41) is 4.84. The van der Waals surface area contributed by atoms with Gasteiger partial charge in [0.2, 0.25) is 5.91 Å². The Hall–Kier alpha value is -3.50. The van der Waals surface area contributed by atoms with Crippen LogP contribution in [0.4, 0.5) is 15.8 Å². The minimum Gasteiger partial charge on any atom is -0.466 e. The molecule has 4 rings (SSSR count). The molecule has 1 aliphatic rings. The minimum atomic E-state index is -0.532. The smallest absolute Gasteiger partial charge is 0.315 e. The van der Waals surface area contributed by atoms with Gasteiger partial charge < -0.3 is 24.3 Å². The molecular formula is C27H31FN4O4S. The van der Waals surface area contributed by atoms with Crippen molar-refractivity contribution in [2.45, 2.75) is 26.3 Å². The van der Waals surface area contributed by atoms with Gasteiger partial charge >= 0.3 is 5.97 Å². The van der Waals surface area contributed by atoms with Crippen LogP contribution in [0.25, 0.3) is 11.3 Å². The first-order chi connectivity index (χ1) is 18.0. The van der Waals surface area contributed by atoms with Crippen LogP contribution < -0.4 is 15.0 Å². The summed E-state index contributed by atoms with van der Waals surface area (Å²) in [6, 6.07) is 14.5. The third-order valence-corrected chi connectivity index (χ3v) is 6.74. The number of esters is 1. The predicted molar refractivity (Wildman–Crippen MR) is 141 cm³/mol. The van der Waals surface area contributed by atoms with E-state index in [0.717, 1.165) is 48.0 Å². The van der Waals surface area contributed by atoms with Gasteiger partial charge in [-0.2, -0.15) is 0 Å². The summed E-state index contributed by atoms with van der Waals surface area (Å²) in [4.78, 5) is 31.3. The van der Waals surface area contributed by atoms with Crippen LogP contribution in [0.2, 0.25) is 0 Å². The largest absolute Gasteiger partial charge is 0.466 e. The van der Waals surface area contributed by atoms with Gasteiger partial charge in [0.1, 0.15) is 12.2 Å². The second kappa shape index (κ2) is 13.2. The molecule has 37 heavy (non-hydrogen) atoms. The number of aromatic nitrogens is 1. The summed E-state index contributed by atoms with van der Waals surface area (Å²) in [6.45, 7) is 6.18. The number of halogens is 1. The van der Waals surface area contributed by atoms with Crippen molar-refractivity contribution in [2.75, 3.05) is 44.4 Å². The van der Waals surface area contributed by atoms with Gasteiger partial charge in [0, 0.05) is 37.2 Å². The SMILES string of the molecule is CCOC(=O)CC(=O)NCCCn1c(-c2ccc(N3CCOCC3)cc2)cs/c1=N\c1ccc(F)cc1. The Kier molecular flexibility index (Phi) is 9.45. The van der Waals surface area contributed by atoms with E-state index in [1.54, 1.807) is 19.1 Å². The lowest BCUT2D eigenvalue weighted by atomic mass is 10.1. The fourth-order valence-corrected chi connectivity index (χ4v) is 4.98. The zero-order valence-corrected chi connectivity index (χ0v) is 21.6. The van der Waals surface area contributed by atoms with E-state index in [1.807, 2.05) is 0 Å². The zero-order valence-electron chi connectivity index (χ0n) is 20.8. The van der Waals surface area contributed by atoms with Crippen LogP contribution in [-0.2, 0) is 25.6 Å². The molecule has 3 aromatic rings. The van der Waals surface area contributed by atoms with E-state index < -0.39 is 5.97 Å². The Labute approximate surface area is 219 Å². The molecule has 1 aliphatic heterocycles. The monoisotopic (exact) mass is 526 g/mol. The van der Waals surface area contributed by atoms with E-state index in [1.165, 1.54) is 23.5 Å². The quantitative estimate of drug-likeness (QED) is 0.246. The number of carbonyl (C=O) groups is 2.